The zero-order valence-corrected chi connectivity index (χ0v) is 29.0. The minimum absolute atomic E-state index is 0.0680. The minimum Gasteiger partial charge on any atom is -0.393 e. The molecule has 0 aromatic heterocycles. The maximum Gasteiger partial charge on any atom is 0.155 e. The molecule has 256 valence electrons. The lowest BCUT2D eigenvalue weighted by molar-refractivity contribution is -0.134. The number of rotatable bonds is 4. The van der Waals surface area contributed by atoms with Gasteiger partial charge >= 0.3 is 0 Å². The van der Waals surface area contributed by atoms with E-state index >= 15 is 0 Å². The molecule has 46 heavy (non-hydrogen) atoms. The van der Waals surface area contributed by atoms with Crippen LogP contribution in [0.4, 0.5) is 0 Å². The molecule has 0 amide bonds. The van der Waals surface area contributed by atoms with Crippen molar-refractivity contribution in [2.24, 2.45) is 57.2 Å². The molecule has 6 nitrogen and oxygen atoms in total. The van der Waals surface area contributed by atoms with E-state index < -0.39 is 0 Å². The molecule has 0 radical (unpaired) electrons. The van der Waals surface area contributed by atoms with Gasteiger partial charge in [-0.25, -0.2) is 0 Å². The first-order valence-corrected chi connectivity index (χ1v) is 18.8. The largest absolute Gasteiger partial charge is 0.393 e. The molecule has 12 atom stereocenters. The Labute approximate surface area is 277 Å². The van der Waals surface area contributed by atoms with Crippen molar-refractivity contribution in [1.82, 2.24) is 0 Å². The van der Waals surface area contributed by atoms with Crippen LogP contribution < -0.4 is 0 Å². The van der Waals surface area contributed by atoms with E-state index in [1.54, 1.807) is 7.11 Å². The van der Waals surface area contributed by atoms with Gasteiger partial charge in [0, 0.05) is 43.3 Å². The molecular weight excluding hydrogens is 576 g/mol. The zero-order chi connectivity index (χ0) is 32.5. The quantitative estimate of drug-likeness (QED) is 0.323. The van der Waals surface area contributed by atoms with Crippen molar-refractivity contribution in [2.45, 2.75) is 129 Å². The van der Waals surface area contributed by atoms with E-state index in [0.717, 1.165) is 96.2 Å². The summed E-state index contributed by atoms with van der Waals surface area (Å²) in [6, 6.07) is 0. The predicted molar refractivity (Wildman–Crippen MR) is 178 cm³/mol. The number of carbonyl (C=O) groups is 2. The average Bonchev–Trinajstić information content (AvgIpc) is 3.52. The van der Waals surface area contributed by atoms with Crippen LogP contribution in [0.3, 0.4) is 0 Å². The zero-order valence-electron chi connectivity index (χ0n) is 29.0. The number of aliphatic hydroxyl groups excluding tert-OH is 2. The Hall–Kier alpha value is -1.34. The third-order valence-electron chi connectivity index (χ3n) is 16.0. The molecule has 0 aromatic carbocycles. The Balaban J connectivity index is 0.000000147. The summed E-state index contributed by atoms with van der Waals surface area (Å²) >= 11 is 0. The third-order valence-corrected chi connectivity index (χ3v) is 16.0. The van der Waals surface area contributed by atoms with Crippen LogP contribution in [0.15, 0.2) is 23.3 Å². The van der Waals surface area contributed by atoms with Crippen LogP contribution in [-0.2, 0) is 19.1 Å². The second kappa shape index (κ2) is 12.2. The first-order valence-electron chi connectivity index (χ1n) is 18.8. The number of Topliss-reactive ketones (excluding diaryl/α,β-unsaturated/α-hetero) is 1. The Kier molecular flexibility index (Phi) is 8.81. The van der Waals surface area contributed by atoms with E-state index in [2.05, 4.69) is 19.9 Å². The van der Waals surface area contributed by atoms with Gasteiger partial charge in [-0.05, 0) is 137 Å². The van der Waals surface area contributed by atoms with Gasteiger partial charge in [0.1, 0.15) is 5.78 Å². The number of methoxy groups -OCH3 is 2. The SMILES string of the molecule is COC[C@]12CCC(=O)C=C1CC[C@@H]1[C@@H]2CC[C@]2(C)C(=O)CC[C@@H]12.COC[C@]12CC[C@H](O)C=C1CC[C@@H]1[C@@H]2CC[C@]2(C)[C@@H](O)CC[C@@H]12. The van der Waals surface area contributed by atoms with E-state index in [4.69, 9.17) is 9.47 Å². The lowest BCUT2D eigenvalue weighted by Crippen LogP contribution is -2.53. The summed E-state index contributed by atoms with van der Waals surface area (Å²) in [7, 11) is 3.62. The van der Waals surface area contributed by atoms with Crippen molar-refractivity contribution in [2.75, 3.05) is 27.4 Å². The van der Waals surface area contributed by atoms with Crippen LogP contribution >= 0.6 is 0 Å². The molecule has 6 heteroatoms. The summed E-state index contributed by atoms with van der Waals surface area (Å²) in [5.74, 6) is 4.68. The molecule has 2 N–H and O–H groups in total. The first kappa shape index (κ1) is 33.2. The lowest BCUT2D eigenvalue weighted by atomic mass is 9.47. The summed E-state index contributed by atoms with van der Waals surface area (Å²) in [4.78, 5) is 24.4. The van der Waals surface area contributed by atoms with Gasteiger partial charge in [0.05, 0.1) is 25.4 Å². The van der Waals surface area contributed by atoms with Crippen LogP contribution in [-0.4, -0.2) is 61.4 Å². The van der Waals surface area contributed by atoms with Crippen LogP contribution in [0, 0.1) is 57.2 Å². The number of aliphatic hydroxyl groups is 2. The molecule has 8 rings (SSSR count). The second-order valence-corrected chi connectivity index (χ2v) is 17.5. The van der Waals surface area contributed by atoms with Crippen molar-refractivity contribution in [3.8, 4) is 0 Å². The van der Waals surface area contributed by atoms with Gasteiger partial charge in [0.15, 0.2) is 5.78 Å². The molecule has 6 saturated carbocycles. The molecule has 0 heterocycles. The molecule has 0 saturated heterocycles. The van der Waals surface area contributed by atoms with Crippen LogP contribution in [0.1, 0.15) is 117 Å². The maximum absolute atomic E-state index is 12.5. The van der Waals surface area contributed by atoms with Gasteiger partial charge in [-0.2, -0.15) is 0 Å². The van der Waals surface area contributed by atoms with Crippen molar-refractivity contribution in [1.29, 1.82) is 0 Å². The fourth-order valence-electron chi connectivity index (χ4n) is 13.7. The van der Waals surface area contributed by atoms with Crippen molar-refractivity contribution in [3.63, 3.8) is 0 Å². The molecule has 8 aliphatic carbocycles. The normalized spacial score (nSPS) is 49.2. The third kappa shape index (κ3) is 4.92. The Morgan fingerprint density at radius 1 is 0.674 bits per heavy atom. The highest BCUT2D eigenvalue weighted by atomic mass is 16.5. The van der Waals surface area contributed by atoms with Gasteiger partial charge in [-0.1, -0.05) is 31.1 Å². The molecule has 8 aliphatic rings. The fourth-order valence-corrected chi connectivity index (χ4v) is 13.7. The summed E-state index contributed by atoms with van der Waals surface area (Å²) in [6.45, 7) is 6.11. The Morgan fingerprint density at radius 3 is 2.04 bits per heavy atom. The number of fused-ring (bicyclic) bond motifs is 10. The molecule has 6 fully saturated rings. The molecular formula is C40H60O6. The smallest absolute Gasteiger partial charge is 0.155 e. The van der Waals surface area contributed by atoms with E-state index in [-0.39, 0.29) is 33.9 Å². The molecule has 0 spiro atoms. The van der Waals surface area contributed by atoms with Crippen molar-refractivity contribution < 1.29 is 29.3 Å². The standard InChI is InChI=1S/C20H32O3.C20H28O3/c2*1-19-9-8-17-15(16(19)5-6-18(19)22)4-3-13-11-14(21)7-10-20(13,17)12-23-2/h11,14-18,21-22H,3-10,12H2,1-2H3;11,15-17H,3-10,12H2,1-2H3/t14-,15-,16-,17-,18-,19-,20+;15-,16-,17-,19-,20+/m00/s1. The Bertz CT molecular complexity index is 1270. The van der Waals surface area contributed by atoms with Gasteiger partial charge in [-0.15, -0.1) is 0 Å². The highest BCUT2D eigenvalue weighted by molar-refractivity contribution is 5.91. The van der Waals surface area contributed by atoms with Gasteiger partial charge in [0.25, 0.3) is 0 Å². The first-order chi connectivity index (χ1) is 22.0. The van der Waals surface area contributed by atoms with E-state index in [9.17, 15) is 19.8 Å². The molecule has 0 bridgehead atoms. The van der Waals surface area contributed by atoms with E-state index in [0.29, 0.717) is 47.6 Å². The average molecular weight is 637 g/mol. The Morgan fingerprint density at radius 2 is 1.33 bits per heavy atom. The van der Waals surface area contributed by atoms with Crippen molar-refractivity contribution >= 4 is 11.6 Å². The number of ether oxygens (including phenoxy) is 2. The van der Waals surface area contributed by atoms with Gasteiger partial charge in [0.2, 0.25) is 0 Å². The van der Waals surface area contributed by atoms with E-state index in [1.807, 2.05) is 13.2 Å². The van der Waals surface area contributed by atoms with Crippen LogP contribution in [0.25, 0.3) is 0 Å². The maximum atomic E-state index is 12.5. The summed E-state index contributed by atoms with van der Waals surface area (Å²) in [5.41, 5.74) is 3.13. The molecule has 0 unspecified atom stereocenters. The van der Waals surface area contributed by atoms with Gasteiger partial charge in [-0.3, -0.25) is 9.59 Å². The van der Waals surface area contributed by atoms with Crippen LogP contribution in [0.5, 0.6) is 0 Å². The van der Waals surface area contributed by atoms with Crippen molar-refractivity contribution in [3.05, 3.63) is 23.3 Å². The number of ketones is 2. The van der Waals surface area contributed by atoms with E-state index in [1.165, 1.54) is 30.4 Å². The predicted octanol–water partition coefficient (Wildman–Crippen LogP) is 7.01. The number of carbonyl (C=O) groups excluding carboxylic acids is 2. The number of hydrogen-bond donors (Lipinski definition) is 2. The highest BCUT2D eigenvalue weighted by Gasteiger charge is 2.61. The topological polar surface area (TPSA) is 93.1 Å². The summed E-state index contributed by atoms with van der Waals surface area (Å²) < 4.78 is 11.4. The lowest BCUT2D eigenvalue weighted by Gasteiger charge is -2.59. The highest BCUT2D eigenvalue weighted by Crippen LogP contribution is 2.66. The molecule has 0 aromatic rings. The minimum atomic E-state index is -0.256. The molecule has 0 aliphatic heterocycles. The van der Waals surface area contributed by atoms with Crippen LogP contribution in [0.2, 0.25) is 0 Å². The fraction of sp³-hybridized carbons (Fsp3) is 0.850. The number of hydrogen-bond acceptors (Lipinski definition) is 6. The summed E-state index contributed by atoms with van der Waals surface area (Å²) in [6.07, 6.45) is 20.4. The summed E-state index contributed by atoms with van der Waals surface area (Å²) in [5, 5.41) is 20.6. The van der Waals surface area contributed by atoms with Gasteiger partial charge < -0.3 is 19.7 Å². The second-order valence-electron chi connectivity index (χ2n) is 17.5. The monoisotopic (exact) mass is 636 g/mol.